The predicted molar refractivity (Wildman–Crippen MR) is 117 cm³/mol. The molecule has 0 aromatic rings. The van der Waals surface area contributed by atoms with E-state index in [1.54, 1.807) is 0 Å². The molecular formula is C21H44O2Si2. The normalized spacial score (nSPS) is 17.7. The molecule has 0 amide bonds. The third kappa shape index (κ3) is 7.21. The molecule has 25 heavy (non-hydrogen) atoms. The van der Waals surface area contributed by atoms with Gasteiger partial charge >= 0.3 is 0 Å². The zero-order valence-electron chi connectivity index (χ0n) is 19.0. The van der Waals surface area contributed by atoms with Crippen LogP contribution in [0.2, 0.25) is 36.3 Å². The Morgan fingerprint density at radius 1 is 0.840 bits per heavy atom. The van der Waals surface area contributed by atoms with Gasteiger partial charge in [0.05, 0.1) is 6.10 Å². The Morgan fingerprint density at radius 2 is 1.28 bits per heavy atom. The maximum absolute atomic E-state index is 6.81. The molecule has 2 nitrogen and oxygen atoms in total. The predicted octanol–water partition coefficient (Wildman–Crippen LogP) is 6.69. The molecule has 0 fully saturated rings. The first-order valence-corrected chi connectivity index (χ1v) is 15.5. The molecule has 0 heterocycles. The Bertz CT molecular complexity index is 450. The molecule has 148 valence electrons. The first-order valence-electron chi connectivity index (χ1n) is 9.71. The summed E-state index contributed by atoms with van der Waals surface area (Å²) in [5.74, 6) is 3.51. The second kappa shape index (κ2) is 8.73. The van der Waals surface area contributed by atoms with Gasteiger partial charge in [-0.15, -0.1) is 12.3 Å². The van der Waals surface area contributed by atoms with Crippen molar-refractivity contribution in [1.82, 2.24) is 0 Å². The van der Waals surface area contributed by atoms with Gasteiger partial charge in [0.15, 0.2) is 16.6 Å². The van der Waals surface area contributed by atoms with Gasteiger partial charge in [0.2, 0.25) is 0 Å². The highest BCUT2D eigenvalue weighted by molar-refractivity contribution is 6.74. The van der Waals surface area contributed by atoms with Crippen LogP contribution < -0.4 is 0 Å². The van der Waals surface area contributed by atoms with E-state index in [0.717, 1.165) is 13.0 Å². The molecule has 0 bridgehead atoms. The second-order valence-electron chi connectivity index (χ2n) is 10.8. The van der Waals surface area contributed by atoms with Crippen LogP contribution in [0.1, 0.15) is 61.8 Å². The molecule has 0 aliphatic carbocycles. The minimum Gasteiger partial charge on any atom is -0.416 e. The summed E-state index contributed by atoms with van der Waals surface area (Å²) in [6.45, 7) is 28.2. The number of terminal acetylenes is 1. The Hall–Kier alpha value is -0.0862. The van der Waals surface area contributed by atoms with E-state index >= 15 is 0 Å². The van der Waals surface area contributed by atoms with Crippen molar-refractivity contribution in [2.75, 3.05) is 6.61 Å². The fourth-order valence-corrected chi connectivity index (χ4v) is 4.87. The summed E-state index contributed by atoms with van der Waals surface area (Å²) in [5.41, 5.74) is 0. The minimum atomic E-state index is -1.85. The van der Waals surface area contributed by atoms with Gasteiger partial charge in [-0.2, -0.15) is 0 Å². The van der Waals surface area contributed by atoms with Gasteiger partial charge in [0, 0.05) is 18.9 Å². The van der Waals surface area contributed by atoms with E-state index < -0.39 is 16.6 Å². The summed E-state index contributed by atoms with van der Waals surface area (Å²) in [4.78, 5) is 0. The average molecular weight is 385 g/mol. The smallest absolute Gasteiger partial charge is 0.192 e. The molecule has 0 saturated carbocycles. The van der Waals surface area contributed by atoms with Crippen molar-refractivity contribution in [1.29, 1.82) is 0 Å². The van der Waals surface area contributed by atoms with Crippen molar-refractivity contribution in [3.8, 4) is 12.3 Å². The fourth-order valence-electron chi connectivity index (χ4n) is 2.26. The van der Waals surface area contributed by atoms with E-state index in [-0.39, 0.29) is 16.2 Å². The fraction of sp³-hybridized carbons (Fsp3) is 0.905. The van der Waals surface area contributed by atoms with Crippen molar-refractivity contribution < 1.29 is 8.85 Å². The molecule has 0 aliphatic heterocycles. The summed E-state index contributed by atoms with van der Waals surface area (Å²) >= 11 is 0. The summed E-state index contributed by atoms with van der Waals surface area (Å²) in [7, 11) is -3.59. The summed E-state index contributed by atoms with van der Waals surface area (Å²) in [5, 5.41) is 0.425. The molecule has 4 heteroatoms. The molecule has 0 saturated heterocycles. The third-order valence-electron chi connectivity index (χ3n) is 6.31. The monoisotopic (exact) mass is 384 g/mol. The van der Waals surface area contributed by atoms with Gasteiger partial charge in [0.1, 0.15) is 0 Å². The van der Waals surface area contributed by atoms with Gasteiger partial charge in [-0.25, -0.2) is 0 Å². The molecule has 3 atom stereocenters. The first-order chi connectivity index (χ1) is 11.0. The molecular weight excluding hydrogens is 340 g/mol. The number of hydrogen-bond donors (Lipinski definition) is 0. The molecule has 0 aromatic carbocycles. The van der Waals surface area contributed by atoms with E-state index in [9.17, 15) is 0 Å². The third-order valence-corrected chi connectivity index (χ3v) is 15.3. The molecule has 0 N–H and O–H groups in total. The molecule has 0 unspecified atom stereocenters. The topological polar surface area (TPSA) is 18.5 Å². The lowest BCUT2D eigenvalue weighted by Gasteiger charge is -2.43. The highest BCUT2D eigenvalue weighted by atomic mass is 28.4. The van der Waals surface area contributed by atoms with Crippen molar-refractivity contribution in [3.05, 3.63) is 0 Å². The zero-order chi connectivity index (χ0) is 20.3. The van der Waals surface area contributed by atoms with Gasteiger partial charge in [-0.3, -0.25) is 0 Å². The summed E-state index contributed by atoms with van der Waals surface area (Å²) in [6.07, 6.45) is 6.51. The van der Waals surface area contributed by atoms with E-state index in [1.165, 1.54) is 0 Å². The number of rotatable bonds is 8. The molecule has 0 radical (unpaired) electrons. The number of hydrogen-bond acceptors (Lipinski definition) is 2. The standard InChI is InChI=1S/C21H44O2Si2/c1-14-15-17(2)19(23-25(12,13)21(7,8)9)18(3)16-22-24(10,11)20(4,5)6/h1,17-19H,15-16H2,2-13H3/t17-,18+,19+/m0/s1. The van der Waals surface area contributed by atoms with Crippen molar-refractivity contribution in [3.63, 3.8) is 0 Å². The Balaban J connectivity index is 5.27. The Labute approximate surface area is 160 Å². The maximum Gasteiger partial charge on any atom is 0.192 e. The minimum absolute atomic E-state index is 0.154. The van der Waals surface area contributed by atoms with Crippen LogP contribution in [-0.2, 0) is 8.85 Å². The van der Waals surface area contributed by atoms with Crippen molar-refractivity contribution >= 4 is 16.6 Å². The lowest BCUT2D eigenvalue weighted by molar-refractivity contribution is 0.0499. The molecule has 0 rings (SSSR count). The Morgan fingerprint density at radius 3 is 1.64 bits per heavy atom. The lowest BCUT2D eigenvalue weighted by atomic mass is 9.92. The van der Waals surface area contributed by atoms with Crippen LogP contribution in [0.3, 0.4) is 0 Å². The summed E-state index contributed by atoms with van der Waals surface area (Å²) < 4.78 is 13.3. The van der Waals surface area contributed by atoms with Crippen LogP contribution in [0.4, 0.5) is 0 Å². The maximum atomic E-state index is 6.81. The van der Waals surface area contributed by atoms with E-state index in [0.29, 0.717) is 11.8 Å². The molecule has 0 aliphatic rings. The highest BCUT2D eigenvalue weighted by Gasteiger charge is 2.42. The highest BCUT2D eigenvalue weighted by Crippen LogP contribution is 2.40. The van der Waals surface area contributed by atoms with Gasteiger partial charge in [0.25, 0.3) is 0 Å². The van der Waals surface area contributed by atoms with Crippen LogP contribution >= 0.6 is 0 Å². The van der Waals surface area contributed by atoms with Crippen LogP contribution in [0, 0.1) is 24.2 Å². The lowest BCUT2D eigenvalue weighted by Crippen LogP contribution is -2.49. The van der Waals surface area contributed by atoms with E-state index in [4.69, 9.17) is 15.3 Å². The average Bonchev–Trinajstić information content (AvgIpc) is 2.40. The first kappa shape index (κ1) is 24.9. The largest absolute Gasteiger partial charge is 0.416 e. The van der Waals surface area contributed by atoms with Gasteiger partial charge < -0.3 is 8.85 Å². The van der Waals surface area contributed by atoms with E-state index in [2.05, 4.69) is 87.5 Å². The van der Waals surface area contributed by atoms with Gasteiger partial charge in [-0.1, -0.05) is 55.4 Å². The molecule has 0 aromatic heterocycles. The summed E-state index contributed by atoms with van der Waals surface area (Å²) in [6, 6.07) is 0. The van der Waals surface area contributed by atoms with Crippen molar-refractivity contribution in [2.45, 2.75) is 104 Å². The van der Waals surface area contributed by atoms with Crippen molar-refractivity contribution in [2.24, 2.45) is 11.8 Å². The molecule has 0 spiro atoms. The van der Waals surface area contributed by atoms with Gasteiger partial charge in [-0.05, 0) is 42.2 Å². The van der Waals surface area contributed by atoms with E-state index in [1.807, 2.05) is 0 Å². The van der Waals surface area contributed by atoms with Crippen LogP contribution in [0.15, 0.2) is 0 Å². The van der Waals surface area contributed by atoms with Crippen LogP contribution in [-0.4, -0.2) is 29.3 Å². The second-order valence-corrected chi connectivity index (χ2v) is 20.3. The zero-order valence-corrected chi connectivity index (χ0v) is 21.0. The Kier molecular flexibility index (Phi) is 8.70. The van der Waals surface area contributed by atoms with Crippen LogP contribution in [0.25, 0.3) is 0 Å². The SMILES string of the molecule is C#CC[C@H](C)[C@@H](O[Si](C)(C)C(C)(C)C)[C@H](C)CO[Si](C)(C)C(C)(C)C. The van der Waals surface area contributed by atoms with Crippen LogP contribution in [0.5, 0.6) is 0 Å². The quantitative estimate of drug-likeness (QED) is 0.342.